The maximum Gasteiger partial charge on any atom is 0.185 e. The zero-order valence-electron chi connectivity index (χ0n) is 16.5. The fraction of sp³-hybridized carbons (Fsp3) is 0.0400. The van der Waals surface area contributed by atoms with E-state index < -0.39 is 0 Å². The molecule has 0 bridgehead atoms. The number of furan rings is 1. The van der Waals surface area contributed by atoms with Crippen LogP contribution in [0.5, 0.6) is 0 Å². The molecular formula is C25H16FN3O2. The highest BCUT2D eigenvalue weighted by atomic mass is 19.1. The Bertz CT molecular complexity index is 1510. The first-order chi connectivity index (χ1) is 15.2. The fourth-order valence-corrected chi connectivity index (χ4v) is 4.28. The average Bonchev–Trinajstić information content (AvgIpc) is 3.42. The van der Waals surface area contributed by atoms with E-state index in [1.54, 1.807) is 18.2 Å². The van der Waals surface area contributed by atoms with Crippen LogP contribution in [0.25, 0.3) is 39.5 Å². The molecule has 0 radical (unpaired) electrons. The number of para-hydroxylation sites is 1. The van der Waals surface area contributed by atoms with Gasteiger partial charge in [-0.25, -0.2) is 9.37 Å². The molecular weight excluding hydrogens is 393 g/mol. The smallest absolute Gasteiger partial charge is 0.185 e. The Morgan fingerprint density at radius 3 is 2.58 bits per heavy atom. The molecule has 2 aromatic carbocycles. The molecule has 0 aliphatic carbocycles. The quantitative estimate of drug-likeness (QED) is 0.351. The van der Waals surface area contributed by atoms with Gasteiger partial charge in [-0.2, -0.15) is 0 Å². The summed E-state index contributed by atoms with van der Waals surface area (Å²) in [5.74, 6) is 1.22. The molecule has 0 fully saturated rings. The first-order valence-electron chi connectivity index (χ1n) is 9.88. The standard InChI is InChI=1S/C25H16FN3O2/c1-14-5-4-8-18-22(14)28-25-23(27-21-12-10-19(26)24(18)29(21)25)17-7-3-2-6-16(17)20-11-9-15(13-30)31-20/h2-13,28H,1H3. The van der Waals surface area contributed by atoms with Gasteiger partial charge in [-0.1, -0.05) is 42.5 Å². The van der Waals surface area contributed by atoms with Gasteiger partial charge >= 0.3 is 0 Å². The lowest BCUT2D eigenvalue weighted by Crippen LogP contribution is -2.10. The number of carbonyl (C=O) groups is 1. The molecule has 1 aliphatic rings. The second-order valence-electron chi connectivity index (χ2n) is 7.52. The van der Waals surface area contributed by atoms with Gasteiger partial charge in [0, 0.05) is 16.7 Å². The Morgan fingerprint density at radius 1 is 0.968 bits per heavy atom. The molecule has 5 nitrogen and oxygen atoms in total. The number of rotatable bonds is 3. The second-order valence-corrected chi connectivity index (χ2v) is 7.52. The number of benzene rings is 2. The number of anilines is 2. The summed E-state index contributed by atoms with van der Waals surface area (Å²) in [5, 5.41) is 3.49. The zero-order valence-corrected chi connectivity index (χ0v) is 16.5. The number of aromatic nitrogens is 2. The van der Waals surface area contributed by atoms with Gasteiger partial charge in [0.1, 0.15) is 28.7 Å². The summed E-state index contributed by atoms with van der Waals surface area (Å²) in [5.41, 5.74) is 6.11. The highest BCUT2D eigenvalue weighted by molar-refractivity contribution is 5.95. The van der Waals surface area contributed by atoms with Gasteiger partial charge in [0.05, 0.1) is 11.4 Å². The molecule has 6 rings (SSSR count). The fourth-order valence-electron chi connectivity index (χ4n) is 4.28. The molecule has 0 unspecified atom stereocenters. The number of aldehydes is 1. The van der Waals surface area contributed by atoms with E-state index in [9.17, 15) is 4.79 Å². The molecule has 1 N–H and O–H groups in total. The number of hydrogen-bond donors (Lipinski definition) is 1. The van der Waals surface area contributed by atoms with Crippen molar-refractivity contribution in [2.24, 2.45) is 0 Å². The van der Waals surface area contributed by atoms with Crippen molar-refractivity contribution in [2.75, 3.05) is 5.32 Å². The molecule has 0 saturated carbocycles. The van der Waals surface area contributed by atoms with Gasteiger partial charge in [-0.05, 0) is 36.8 Å². The van der Waals surface area contributed by atoms with Crippen LogP contribution in [0.1, 0.15) is 16.1 Å². The monoisotopic (exact) mass is 409 g/mol. The molecule has 1 aliphatic heterocycles. The highest BCUT2D eigenvalue weighted by Crippen LogP contribution is 2.45. The van der Waals surface area contributed by atoms with E-state index in [-0.39, 0.29) is 11.6 Å². The topological polar surface area (TPSA) is 59.5 Å². The zero-order chi connectivity index (χ0) is 21.1. The molecule has 0 spiro atoms. The lowest BCUT2D eigenvalue weighted by Gasteiger charge is -2.23. The lowest BCUT2D eigenvalue weighted by molar-refractivity contribution is 0.110. The Morgan fingerprint density at radius 2 is 1.77 bits per heavy atom. The van der Waals surface area contributed by atoms with Crippen molar-refractivity contribution >= 4 is 23.4 Å². The van der Waals surface area contributed by atoms with Crippen molar-refractivity contribution in [2.45, 2.75) is 6.92 Å². The maximum absolute atomic E-state index is 15.0. The van der Waals surface area contributed by atoms with E-state index in [1.807, 2.05) is 53.8 Å². The van der Waals surface area contributed by atoms with Crippen LogP contribution in [-0.2, 0) is 0 Å². The van der Waals surface area contributed by atoms with Crippen molar-refractivity contribution in [3.8, 4) is 33.8 Å². The maximum atomic E-state index is 15.0. The van der Waals surface area contributed by atoms with Gasteiger partial charge in [0.25, 0.3) is 0 Å². The summed E-state index contributed by atoms with van der Waals surface area (Å²) < 4.78 is 22.5. The minimum atomic E-state index is -0.305. The van der Waals surface area contributed by atoms with Crippen LogP contribution in [0.15, 0.2) is 71.1 Å². The number of hydrogen-bond acceptors (Lipinski definition) is 4. The summed E-state index contributed by atoms with van der Waals surface area (Å²) in [6.07, 6.45) is 0.678. The van der Waals surface area contributed by atoms with E-state index in [0.717, 1.165) is 27.9 Å². The Kier molecular flexibility index (Phi) is 3.65. The predicted molar refractivity (Wildman–Crippen MR) is 117 cm³/mol. The first-order valence-corrected chi connectivity index (χ1v) is 9.88. The molecule has 4 heterocycles. The summed E-state index contributed by atoms with van der Waals surface area (Å²) in [6.45, 7) is 1.99. The van der Waals surface area contributed by atoms with Crippen LogP contribution in [0.4, 0.5) is 15.9 Å². The largest absolute Gasteiger partial charge is 0.453 e. The number of fused-ring (bicyclic) bond motifs is 2. The van der Waals surface area contributed by atoms with E-state index in [2.05, 4.69) is 5.32 Å². The van der Waals surface area contributed by atoms with Crippen molar-refractivity contribution in [3.05, 3.63) is 83.9 Å². The molecule has 5 aromatic rings. The van der Waals surface area contributed by atoms with Crippen molar-refractivity contribution < 1.29 is 13.6 Å². The number of nitrogens with one attached hydrogen (secondary N) is 1. The average molecular weight is 409 g/mol. The van der Waals surface area contributed by atoms with Crippen LogP contribution in [0, 0.1) is 12.7 Å². The van der Waals surface area contributed by atoms with Gasteiger partial charge in [-0.15, -0.1) is 0 Å². The SMILES string of the molecule is Cc1cccc2c1Nc1c(-c3ccccc3-c3ccc(C=O)o3)nc3ccc(F)c-2n13. The van der Waals surface area contributed by atoms with E-state index in [1.165, 1.54) is 6.07 Å². The number of halogens is 1. The first kappa shape index (κ1) is 17.7. The molecule has 0 atom stereocenters. The van der Waals surface area contributed by atoms with Crippen LogP contribution in [0.3, 0.4) is 0 Å². The highest BCUT2D eigenvalue weighted by Gasteiger charge is 2.28. The number of pyridine rings is 1. The summed E-state index contributed by atoms with van der Waals surface area (Å²) in [4.78, 5) is 15.9. The molecule has 3 aromatic heterocycles. The van der Waals surface area contributed by atoms with Crippen molar-refractivity contribution in [3.63, 3.8) is 0 Å². The minimum Gasteiger partial charge on any atom is -0.453 e. The second kappa shape index (κ2) is 6.40. The lowest BCUT2D eigenvalue weighted by atomic mass is 10.00. The van der Waals surface area contributed by atoms with Gasteiger partial charge in [0.15, 0.2) is 12.0 Å². The Labute approximate surface area is 176 Å². The summed E-state index contributed by atoms with van der Waals surface area (Å²) in [7, 11) is 0. The molecule has 6 heteroatoms. The van der Waals surface area contributed by atoms with Crippen LogP contribution in [0.2, 0.25) is 0 Å². The van der Waals surface area contributed by atoms with Crippen molar-refractivity contribution in [1.82, 2.24) is 9.38 Å². The number of aryl methyl sites for hydroxylation is 1. The third kappa shape index (κ3) is 2.48. The molecule has 0 saturated heterocycles. The third-order valence-electron chi connectivity index (χ3n) is 5.69. The van der Waals surface area contributed by atoms with E-state index in [4.69, 9.17) is 9.40 Å². The summed E-state index contributed by atoms with van der Waals surface area (Å²) >= 11 is 0. The van der Waals surface area contributed by atoms with Crippen LogP contribution < -0.4 is 5.32 Å². The van der Waals surface area contributed by atoms with Crippen LogP contribution >= 0.6 is 0 Å². The van der Waals surface area contributed by atoms with Gasteiger partial charge in [0.2, 0.25) is 0 Å². The third-order valence-corrected chi connectivity index (χ3v) is 5.69. The van der Waals surface area contributed by atoms with Crippen molar-refractivity contribution in [1.29, 1.82) is 0 Å². The number of nitrogens with zero attached hydrogens (tertiary/aromatic N) is 2. The van der Waals surface area contributed by atoms with E-state index >= 15 is 4.39 Å². The van der Waals surface area contributed by atoms with Crippen LogP contribution in [-0.4, -0.2) is 15.7 Å². The van der Waals surface area contributed by atoms with Gasteiger partial charge in [-0.3, -0.25) is 9.20 Å². The summed E-state index contributed by atoms with van der Waals surface area (Å²) in [6, 6.07) is 20.1. The Balaban J connectivity index is 1.66. The number of imidazole rings is 1. The van der Waals surface area contributed by atoms with Gasteiger partial charge < -0.3 is 9.73 Å². The molecule has 31 heavy (non-hydrogen) atoms. The Hall–Kier alpha value is -4.19. The molecule has 0 amide bonds. The predicted octanol–water partition coefficient (Wildman–Crippen LogP) is 6.25. The minimum absolute atomic E-state index is 0.258. The molecule has 150 valence electrons. The number of carbonyl (C=O) groups excluding carboxylic acids is 1. The normalized spacial score (nSPS) is 11.9. The van der Waals surface area contributed by atoms with E-state index in [0.29, 0.717) is 34.9 Å².